The summed E-state index contributed by atoms with van der Waals surface area (Å²) in [7, 11) is 0. The highest BCUT2D eigenvalue weighted by Crippen LogP contribution is 2.31. The normalized spacial score (nSPS) is 16.2. The van der Waals surface area contributed by atoms with Gasteiger partial charge in [0.05, 0.1) is 11.6 Å². The third kappa shape index (κ3) is 5.33. The maximum absolute atomic E-state index is 14.9. The Morgan fingerprint density at radius 3 is 2.22 bits per heavy atom. The summed E-state index contributed by atoms with van der Waals surface area (Å²) in [5.74, 6) is -3.67. The van der Waals surface area contributed by atoms with Gasteiger partial charge in [-0.2, -0.15) is 5.26 Å². The quantitative estimate of drug-likeness (QED) is 0.469. The Kier molecular flexibility index (Phi) is 7.58. The van der Waals surface area contributed by atoms with Crippen molar-refractivity contribution in [2.45, 2.75) is 30.8 Å². The number of rotatable bonds is 6. The summed E-state index contributed by atoms with van der Waals surface area (Å²) in [6, 6.07) is 18.9. The Morgan fingerprint density at radius 1 is 1.00 bits per heavy atom. The van der Waals surface area contributed by atoms with E-state index in [4.69, 9.17) is 16.3 Å². The molecule has 0 aliphatic carbocycles. The fourth-order valence-electron chi connectivity index (χ4n) is 4.33. The van der Waals surface area contributed by atoms with Gasteiger partial charge in [-0.3, -0.25) is 9.59 Å². The molecule has 1 heterocycles. The molecule has 0 spiro atoms. The molecule has 0 saturated carbocycles. The molecule has 2 amide bonds. The minimum atomic E-state index is -2.17. The first-order valence-corrected chi connectivity index (χ1v) is 12.0. The molecule has 1 aliphatic rings. The predicted molar refractivity (Wildman–Crippen MR) is 135 cm³/mol. The number of halogens is 3. The number of amides is 2. The summed E-state index contributed by atoms with van der Waals surface area (Å²) >= 11 is 6.26. The van der Waals surface area contributed by atoms with Crippen molar-refractivity contribution in [3.05, 3.63) is 94.5 Å². The first-order valence-electron chi connectivity index (χ1n) is 11.6. The third-order valence-electron chi connectivity index (χ3n) is 6.53. The van der Waals surface area contributed by atoms with Crippen molar-refractivity contribution in [2.24, 2.45) is 0 Å². The minimum Gasteiger partial charge on any atom is -0.381 e. The van der Waals surface area contributed by atoms with Gasteiger partial charge >= 0.3 is 0 Å². The maximum Gasteiger partial charge on any atom is 0.252 e. The molecule has 3 aromatic carbocycles. The Bertz CT molecular complexity index is 1350. The van der Waals surface area contributed by atoms with E-state index in [9.17, 15) is 23.6 Å². The van der Waals surface area contributed by atoms with Crippen LogP contribution in [0.15, 0.2) is 66.7 Å². The van der Waals surface area contributed by atoms with Crippen LogP contribution in [-0.2, 0) is 15.1 Å². The van der Waals surface area contributed by atoms with Crippen LogP contribution in [0.4, 0.5) is 8.78 Å². The molecule has 0 aromatic heterocycles. The molecule has 0 bridgehead atoms. The van der Waals surface area contributed by atoms with Gasteiger partial charge in [-0.25, -0.2) is 8.78 Å². The van der Waals surface area contributed by atoms with Crippen LogP contribution in [0.25, 0.3) is 11.1 Å². The topological polar surface area (TPSA) is 91.2 Å². The van der Waals surface area contributed by atoms with Crippen LogP contribution in [-0.4, -0.2) is 30.6 Å². The molecule has 4 rings (SSSR count). The van der Waals surface area contributed by atoms with Crippen molar-refractivity contribution in [2.75, 3.05) is 13.2 Å². The van der Waals surface area contributed by atoms with Crippen LogP contribution in [0.2, 0.25) is 5.02 Å². The van der Waals surface area contributed by atoms with Gasteiger partial charge in [0.15, 0.2) is 0 Å². The predicted octanol–water partition coefficient (Wildman–Crippen LogP) is 5.12. The molecule has 37 heavy (non-hydrogen) atoms. The number of nitrogens with one attached hydrogen (secondary N) is 2. The zero-order valence-electron chi connectivity index (χ0n) is 20.0. The molecule has 1 atom stereocenters. The number of carbonyl (C=O) groups excluding carboxylic acids is 2. The van der Waals surface area contributed by atoms with Crippen molar-refractivity contribution in [1.29, 1.82) is 5.26 Å². The van der Waals surface area contributed by atoms with E-state index in [-0.39, 0.29) is 31.6 Å². The monoisotopic (exact) mass is 523 g/mol. The summed E-state index contributed by atoms with van der Waals surface area (Å²) in [5, 5.41) is 15.4. The number of hydrogen-bond acceptors (Lipinski definition) is 4. The van der Waals surface area contributed by atoms with Gasteiger partial charge in [0, 0.05) is 42.2 Å². The van der Waals surface area contributed by atoms with Crippen molar-refractivity contribution < 1.29 is 23.1 Å². The van der Waals surface area contributed by atoms with Crippen molar-refractivity contribution >= 4 is 23.4 Å². The van der Waals surface area contributed by atoms with E-state index in [0.717, 1.165) is 29.3 Å². The fourth-order valence-corrected chi connectivity index (χ4v) is 4.58. The van der Waals surface area contributed by atoms with Crippen LogP contribution in [0.1, 0.15) is 35.7 Å². The Hall–Kier alpha value is -3.80. The molecule has 0 unspecified atom stereocenters. The number of nitrogens with zero attached hydrogens (tertiary/aromatic N) is 1. The highest BCUT2D eigenvalue weighted by molar-refractivity contribution is 6.33. The van der Waals surface area contributed by atoms with E-state index in [1.54, 1.807) is 24.3 Å². The second-order valence-electron chi connectivity index (χ2n) is 8.99. The molecular formula is C28H24ClF2N3O3. The lowest BCUT2D eigenvalue weighted by Gasteiger charge is -2.37. The highest BCUT2D eigenvalue weighted by atomic mass is 35.5. The van der Waals surface area contributed by atoms with Crippen LogP contribution in [0.3, 0.4) is 0 Å². The minimum absolute atomic E-state index is 0.160. The molecule has 1 fully saturated rings. The van der Waals surface area contributed by atoms with Crippen LogP contribution >= 0.6 is 11.6 Å². The van der Waals surface area contributed by atoms with E-state index in [0.29, 0.717) is 5.02 Å². The molecule has 0 radical (unpaired) electrons. The van der Waals surface area contributed by atoms with Gasteiger partial charge in [0.25, 0.3) is 11.8 Å². The average molecular weight is 524 g/mol. The molecule has 1 aliphatic heterocycles. The Morgan fingerprint density at radius 2 is 1.62 bits per heavy atom. The van der Waals surface area contributed by atoms with Gasteiger partial charge < -0.3 is 15.4 Å². The maximum atomic E-state index is 14.9. The van der Waals surface area contributed by atoms with Gasteiger partial charge in [0.1, 0.15) is 22.7 Å². The second-order valence-corrected chi connectivity index (χ2v) is 9.40. The summed E-state index contributed by atoms with van der Waals surface area (Å²) in [6.07, 6.45) is 0.394. The van der Waals surface area contributed by atoms with Crippen molar-refractivity contribution in [3.8, 4) is 17.2 Å². The molecule has 3 aromatic rings. The highest BCUT2D eigenvalue weighted by Gasteiger charge is 2.45. The lowest BCUT2D eigenvalue weighted by Crippen LogP contribution is -2.61. The second kappa shape index (κ2) is 10.7. The van der Waals surface area contributed by atoms with E-state index < -0.39 is 40.1 Å². The first kappa shape index (κ1) is 26.3. The third-order valence-corrected chi connectivity index (χ3v) is 6.86. The SMILES string of the molecule is C[C@@](NC(=O)c1ccc(-c2ccccc2Cl)cc1)(C(=O)NC1(C#N)CCOCC1)c1c(F)cccc1F. The average Bonchev–Trinajstić information content (AvgIpc) is 2.89. The van der Waals surface area contributed by atoms with Gasteiger partial charge in [-0.1, -0.05) is 48.0 Å². The Labute approximate surface area is 218 Å². The van der Waals surface area contributed by atoms with Gasteiger partial charge in [-0.15, -0.1) is 0 Å². The van der Waals surface area contributed by atoms with Gasteiger partial charge in [-0.05, 0) is 42.8 Å². The molecule has 1 saturated heterocycles. The number of nitriles is 1. The number of hydrogen-bond donors (Lipinski definition) is 2. The van der Waals surface area contributed by atoms with Crippen LogP contribution in [0.5, 0.6) is 0 Å². The smallest absolute Gasteiger partial charge is 0.252 e. The zero-order chi connectivity index (χ0) is 26.6. The first-order chi connectivity index (χ1) is 17.7. The molecule has 6 nitrogen and oxygen atoms in total. The van der Waals surface area contributed by atoms with E-state index in [1.165, 1.54) is 19.1 Å². The standard InChI is InChI=1S/C28H24ClF2N3O3/c1-27(24-22(30)7-4-8-23(24)31,26(36)34-28(17-32)13-15-37-16-14-28)33-25(35)19-11-9-18(10-12-19)20-5-2-3-6-21(20)29/h2-12H,13-16H2,1H3,(H,33,35)(H,34,36)/t27-/m0/s1. The van der Waals surface area contributed by atoms with Crippen LogP contribution in [0, 0.1) is 23.0 Å². The lowest BCUT2D eigenvalue weighted by molar-refractivity contribution is -0.129. The number of ether oxygens (including phenoxy) is 1. The van der Waals surface area contributed by atoms with Crippen LogP contribution < -0.4 is 10.6 Å². The largest absolute Gasteiger partial charge is 0.381 e. The summed E-state index contributed by atoms with van der Waals surface area (Å²) < 4.78 is 35.1. The van der Waals surface area contributed by atoms with Crippen molar-refractivity contribution in [3.63, 3.8) is 0 Å². The lowest BCUT2D eigenvalue weighted by atomic mass is 9.85. The fraction of sp³-hybridized carbons (Fsp3) is 0.250. The number of carbonyl (C=O) groups is 2. The summed E-state index contributed by atoms with van der Waals surface area (Å²) in [4.78, 5) is 26.8. The van der Waals surface area contributed by atoms with E-state index in [1.807, 2.05) is 12.1 Å². The van der Waals surface area contributed by atoms with Gasteiger partial charge in [0.2, 0.25) is 0 Å². The molecule has 9 heteroatoms. The molecule has 2 N–H and O–H groups in total. The van der Waals surface area contributed by atoms with E-state index in [2.05, 4.69) is 16.7 Å². The van der Waals surface area contributed by atoms with Crippen molar-refractivity contribution in [1.82, 2.24) is 10.6 Å². The Balaban J connectivity index is 1.67. The zero-order valence-corrected chi connectivity index (χ0v) is 20.7. The number of benzene rings is 3. The van der Waals surface area contributed by atoms with E-state index >= 15 is 0 Å². The summed E-state index contributed by atoms with van der Waals surface area (Å²) in [5.41, 5.74) is -2.40. The summed E-state index contributed by atoms with van der Waals surface area (Å²) in [6.45, 7) is 1.69. The molecular weight excluding hydrogens is 500 g/mol. The molecule has 190 valence electrons.